The topological polar surface area (TPSA) is 92.6 Å². The molecule has 8 heteroatoms. The second-order valence-corrected chi connectivity index (χ2v) is 7.31. The number of nitrogens with zero attached hydrogens (tertiary/aromatic N) is 3. The minimum atomic E-state index is -0.502. The number of alkyl carbamates (subject to hydrolysis) is 1. The fourth-order valence-corrected chi connectivity index (χ4v) is 2.33. The van der Waals surface area contributed by atoms with Gasteiger partial charge in [0, 0.05) is 45.0 Å². The molecule has 1 heterocycles. The summed E-state index contributed by atoms with van der Waals surface area (Å²) in [7, 11) is 3.62. The van der Waals surface area contributed by atoms with E-state index in [-0.39, 0.29) is 6.04 Å². The molecular weight excluding hydrogens is 332 g/mol. The third kappa shape index (κ3) is 9.29. The van der Waals surface area contributed by atoms with Gasteiger partial charge in [-0.3, -0.25) is 9.67 Å². The molecule has 0 saturated carbocycles. The summed E-state index contributed by atoms with van der Waals surface area (Å²) in [5.74, 6) is 0.695. The average Bonchev–Trinajstić information content (AvgIpc) is 2.97. The van der Waals surface area contributed by atoms with Crippen LogP contribution in [-0.2, 0) is 18.3 Å². The third-order valence-corrected chi connectivity index (χ3v) is 3.58. The van der Waals surface area contributed by atoms with E-state index in [0.717, 1.165) is 24.8 Å². The maximum atomic E-state index is 11.9. The largest absolute Gasteiger partial charge is 0.444 e. The molecule has 1 aromatic rings. The first-order valence-electron chi connectivity index (χ1n) is 9.15. The summed E-state index contributed by atoms with van der Waals surface area (Å²) in [6, 6.07) is 0.0718. The van der Waals surface area contributed by atoms with Crippen LogP contribution in [0.1, 0.15) is 52.5 Å². The number of guanidine groups is 1. The van der Waals surface area contributed by atoms with Gasteiger partial charge < -0.3 is 20.7 Å². The molecule has 0 aliphatic carbocycles. The summed E-state index contributed by atoms with van der Waals surface area (Å²) in [5.41, 5.74) is 0.574. The molecule has 0 aromatic carbocycles. The molecule has 1 amide bonds. The number of carbonyl (C=O) groups is 1. The Balaban J connectivity index is 2.53. The van der Waals surface area contributed by atoms with E-state index in [1.807, 2.05) is 40.2 Å². The molecular formula is C18H34N6O2. The van der Waals surface area contributed by atoms with Crippen LogP contribution in [0, 0.1) is 0 Å². The van der Waals surface area contributed by atoms with E-state index in [9.17, 15) is 4.79 Å². The zero-order valence-electron chi connectivity index (χ0n) is 16.9. The van der Waals surface area contributed by atoms with Gasteiger partial charge in [0.1, 0.15) is 5.60 Å². The highest BCUT2D eigenvalue weighted by Gasteiger charge is 2.18. The summed E-state index contributed by atoms with van der Waals surface area (Å²) in [4.78, 5) is 16.2. The maximum Gasteiger partial charge on any atom is 0.407 e. The molecule has 1 atom stereocenters. The van der Waals surface area contributed by atoms with Crippen LogP contribution in [-0.4, -0.2) is 47.1 Å². The Hall–Kier alpha value is -2.25. The van der Waals surface area contributed by atoms with Crippen molar-refractivity contribution in [2.75, 3.05) is 13.6 Å². The lowest BCUT2D eigenvalue weighted by atomic mass is 10.1. The van der Waals surface area contributed by atoms with E-state index in [1.165, 1.54) is 0 Å². The van der Waals surface area contributed by atoms with Crippen molar-refractivity contribution in [3.63, 3.8) is 0 Å². The molecule has 1 rings (SSSR count). The fraction of sp³-hybridized carbons (Fsp3) is 0.722. The number of aryl methyl sites for hydroxylation is 1. The second-order valence-electron chi connectivity index (χ2n) is 7.31. The van der Waals surface area contributed by atoms with E-state index in [4.69, 9.17) is 4.74 Å². The van der Waals surface area contributed by atoms with Crippen LogP contribution in [0.25, 0.3) is 0 Å². The minimum absolute atomic E-state index is 0.0718. The van der Waals surface area contributed by atoms with Crippen molar-refractivity contribution < 1.29 is 9.53 Å². The van der Waals surface area contributed by atoms with Crippen molar-refractivity contribution in [2.45, 2.75) is 65.1 Å². The molecule has 0 saturated heterocycles. The third-order valence-electron chi connectivity index (χ3n) is 3.58. The standard InChI is InChI=1S/C18H34N6O2/c1-7-8-9-15(12-21-17(25)26-18(2,3)4)23-16(19-5)20-10-14-11-22-24(6)13-14/h11,13,15H,7-10,12H2,1-6H3,(H,21,25)(H2,19,20,23). The number of ether oxygens (including phenoxy) is 1. The van der Waals surface area contributed by atoms with Gasteiger partial charge in [0.15, 0.2) is 5.96 Å². The van der Waals surface area contributed by atoms with Crippen LogP contribution in [0.4, 0.5) is 4.79 Å². The first kappa shape index (κ1) is 21.8. The molecule has 0 fully saturated rings. The van der Waals surface area contributed by atoms with E-state index < -0.39 is 11.7 Å². The van der Waals surface area contributed by atoms with Crippen LogP contribution in [0.2, 0.25) is 0 Å². The van der Waals surface area contributed by atoms with Gasteiger partial charge in [-0.2, -0.15) is 5.10 Å². The van der Waals surface area contributed by atoms with Crippen LogP contribution in [0.3, 0.4) is 0 Å². The number of aromatic nitrogens is 2. The van der Waals surface area contributed by atoms with Crippen molar-refractivity contribution in [3.8, 4) is 0 Å². The first-order chi connectivity index (χ1) is 12.2. The van der Waals surface area contributed by atoms with Crippen molar-refractivity contribution >= 4 is 12.1 Å². The molecule has 0 aliphatic heterocycles. The fourth-order valence-electron chi connectivity index (χ4n) is 2.33. The van der Waals surface area contributed by atoms with Gasteiger partial charge in [0.25, 0.3) is 0 Å². The van der Waals surface area contributed by atoms with Gasteiger partial charge in [-0.1, -0.05) is 19.8 Å². The highest BCUT2D eigenvalue weighted by atomic mass is 16.6. The average molecular weight is 367 g/mol. The molecule has 3 N–H and O–H groups in total. The Morgan fingerprint density at radius 2 is 2.12 bits per heavy atom. The number of hydrogen-bond acceptors (Lipinski definition) is 4. The number of aliphatic imine (C=N–C) groups is 1. The predicted octanol–water partition coefficient (Wildman–Crippen LogP) is 2.17. The van der Waals surface area contributed by atoms with Gasteiger partial charge in [0.05, 0.1) is 6.20 Å². The maximum absolute atomic E-state index is 11.9. The summed E-state index contributed by atoms with van der Waals surface area (Å²) < 4.78 is 7.06. The Morgan fingerprint density at radius 1 is 1.38 bits per heavy atom. The number of unbranched alkanes of at least 4 members (excludes halogenated alkanes) is 1. The SMILES string of the molecule is CCCCC(CNC(=O)OC(C)(C)C)NC(=NC)NCc1cnn(C)c1. The number of carbonyl (C=O) groups excluding carboxylic acids is 1. The monoisotopic (exact) mass is 366 g/mol. The molecule has 0 aliphatic rings. The van der Waals surface area contributed by atoms with Gasteiger partial charge in [0.2, 0.25) is 0 Å². The van der Waals surface area contributed by atoms with Gasteiger partial charge >= 0.3 is 6.09 Å². The van der Waals surface area contributed by atoms with Crippen LogP contribution < -0.4 is 16.0 Å². The van der Waals surface area contributed by atoms with Gasteiger partial charge in [-0.15, -0.1) is 0 Å². The lowest BCUT2D eigenvalue weighted by Gasteiger charge is -2.24. The quantitative estimate of drug-likeness (QED) is 0.484. The lowest BCUT2D eigenvalue weighted by Crippen LogP contribution is -2.48. The molecule has 0 radical (unpaired) electrons. The Labute approximate surface area is 156 Å². The Morgan fingerprint density at radius 3 is 2.65 bits per heavy atom. The van der Waals surface area contributed by atoms with Crippen molar-refractivity contribution in [2.24, 2.45) is 12.0 Å². The summed E-state index contributed by atoms with van der Waals surface area (Å²) in [6.07, 6.45) is 6.45. The molecule has 8 nitrogen and oxygen atoms in total. The van der Waals surface area contributed by atoms with Gasteiger partial charge in [-0.05, 0) is 27.2 Å². The number of nitrogens with one attached hydrogen (secondary N) is 3. The molecule has 26 heavy (non-hydrogen) atoms. The normalized spacial score (nSPS) is 13.2. The van der Waals surface area contributed by atoms with E-state index in [1.54, 1.807) is 11.7 Å². The number of amides is 1. The Bertz CT molecular complexity index is 576. The number of rotatable bonds is 8. The Kier molecular flexibility index (Phi) is 8.95. The van der Waals surface area contributed by atoms with Crippen LogP contribution in [0.5, 0.6) is 0 Å². The molecule has 0 bridgehead atoms. The first-order valence-corrected chi connectivity index (χ1v) is 9.15. The predicted molar refractivity (Wildman–Crippen MR) is 104 cm³/mol. The second kappa shape index (κ2) is 10.7. The van der Waals surface area contributed by atoms with Crippen molar-refractivity contribution in [3.05, 3.63) is 18.0 Å². The molecule has 148 valence electrons. The van der Waals surface area contributed by atoms with E-state index in [0.29, 0.717) is 19.0 Å². The van der Waals surface area contributed by atoms with Gasteiger partial charge in [-0.25, -0.2) is 4.79 Å². The van der Waals surface area contributed by atoms with Crippen LogP contribution in [0.15, 0.2) is 17.4 Å². The smallest absolute Gasteiger partial charge is 0.407 e. The zero-order chi connectivity index (χ0) is 19.6. The highest BCUT2D eigenvalue weighted by Crippen LogP contribution is 2.07. The van der Waals surface area contributed by atoms with Crippen molar-refractivity contribution in [1.29, 1.82) is 0 Å². The zero-order valence-corrected chi connectivity index (χ0v) is 16.9. The van der Waals surface area contributed by atoms with E-state index in [2.05, 4.69) is 33.0 Å². The molecule has 1 aromatic heterocycles. The summed E-state index contributed by atoms with van der Waals surface area (Å²) >= 11 is 0. The summed E-state index contributed by atoms with van der Waals surface area (Å²) in [6.45, 7) is 8.81. The molecule has 0 spiro atoms. The highest BCUT2D eigenvalue weighted by molar-refractivity contribution is 5.80. The summed E-state index contributed by atoms with van der Waals surface area (Å²) in [5, 5.41) is 13.6. The van der Waals surface area contributed by atoms with E-state index >= 15 is 0 Å². The van der Waals surface area contributed by atoms with Crippen LogP contribution >= 0.6 is 0 Å². The van der Waals surface area contributed by atoms with Crippen molar-refractivity contribution in [1.82, 2.24) is 25.7 Å². The molecule has 1 unspecified atom stereocenters. The minimum Gasteiger partial charge on any atom is -0.444 e. The lowest BCUT2D eigenvalue weighted by molar-refractivity contribution is 0.0523. The number of hydrogen-bond donors (Lipinski definition) is 3.